The van der Waals surface area contributed by atoms with Crippen molar-refractivity contribution in [2.75, 3.05) is 0 Å². The van der Waals surface area contributed by atoms with Crippen LogP contribution in [0.5, 0.6) is 0 Å². The molecular weight excluding hydrogens is 398 g/mol. The second kappa shape index (κ2) is 9.01. The first-order chi connectivity index (χ1) is 14.5. The molecule has 30 heavy (non-hydrogen) atoms. The van der Waals surface area contributed by atoms with Gasteiger partial charge < -0.3 is 5.11 Å². The molecule has 3 aliphatic rings. The molecule has 0 spiro atoms. The van der Waals surface area contributed by atoms with E-state index >= 15 is 0 Å². The van der Waals surface area contributed by atoms with Crippen LogP contribution in [0.2, 0.25) is 0 Å². The maximum absolute atomic E-state index is 13.1. The van der Waals surface area contributed by atoms with E-state index in [0.717, 1.165) is 44.9 Å². The molecule has 0 aliphatic heterocycles. The minimum Gasteiger partial charge on any atom is -0.378 e. The number of carbonyl (C=O) groups excluding carboxylic acids is 1. The van der Waals surface area contributed by atoms with Gasteiger partial charge in [0, 0.05) is 11.3 Å². The summed E-state index contributed by atoms with van der Waals surface area (Å²) in [5.74, 6) is 5.33. The summed E-state index contributed by atoms with van der Waals surface area (Å²) >= 11 is 5.60. The van der Waals surface area contributed by atoms with Crippen molar-refractivity contribution in [1.82, 2.24) is 15.0 Å². The fourth-order valence-corrected chi connectivity index (χ4v) is 7.23. The highest BCUT2D eigenvalue weighted by Gasteiger charge is 2.55. The molecule has 164 valence electrons. The predicted molar refractivity (Wildman–Crippen MR) is 116 cm³/mol. The average Bonchev–Trinajstić information content (AvgIpc) is 3.34. The van der Waals surface area contributed by atoms with Crippen LogP contribution < -0.4 is 0 Å². The average molecular weight is 432 g/mol. The number of fused-ring (bicyclic) bond motifs is 3. The molecule has 0 amide bonds. The molecule has 1 N–H and O–H groups in total. The van der Waals surface area contributed by atoms with Gasteiger partial charge in [0.2, 0.25) is 0 Å². The van der Waals surface area contributed by atoms with Crippen LogP contribution in [0, 0.1) is 40.4 Å². The first kappa shape index (κ1) is 21.8. The fraction of sp³-hybridized carbons (Fsp3) is 0.792. The van der Waals surface area contributed by atoms with Crippen molar-refractivity contribution in [2.45, 2.75) is 89.7 Å². The number of carbonyl (C=O) groups is 1. The van der Waals surface area contributed by atoms with Crippen LogP contribution in [0.4, 0.5) is 0 Å². The summed E-state index contributed by atoms with van der Waals surface area (Å²) in [5.41, 5.74) is -0.802. The van der Waals surface area contributed by atoms with E-state index in [1.54, 1.807) is 12.4 Å². The Kier molecular flexibility index (Phi) is 6.55. The molecule has 4 rings (SSSR count). The van der Waals surface area contributed by atoms with Crippen molar-refractivity contribution >= 4 is 17.4 Å². The monoisotopic (exact) mass is 431 g/mol. The van der Waals surface area contributed by atoms with E-state index in [2.05, 4.69) is 28.4 Å². The van der Waals surface area contributed by atoms with E-state index in [4.69, 9.17) is 11.6 Å². The Morgan fingerprint density at radius 1 is 1.10 bits per heavy atom. The Morgan fingerprint density at radius 3 is 2.63 bits per heavy atom. The second-order valence-corrected chi connectivity index (χ2v) is 10.3. The SMILES string of the molecule is CC12CCC3CCCC(O)(C#CCl)CCCCC3C1CCC2C(=O)Cn1nccn1. The van der Waals surface area contributed by atoms with E-state index in [0.29, 0.717) is 36.5 Å². The third-order valence-corrected chi connectivity index (χ3v) is 8.66. The molecule has 0 bridgehead atoms. The summed E-state index contributed by atoms with van der Waals surface area (Å²) in [5, 5.41) is 21.5. The Hall–Kier alpha value is -1.38. The summed E-state index contributed by atoms with van der Waals surface area (Å²) in [6.07, 6.45) is 14.7. The van der Waals surface area contributed by atoms with Crippen LogP contribution in [0.15, 0.2) is 12.4 Å². The number of hydrogen-bond donors (Lipinski definition) is 1. The van der Waals surface area contributed by atoms with Crippen LogP contribution >= 0.6 is 11.6 Å². The van der Waals surface area contributed by atoms with Gasteiger partial charge in [0.25, 0.3) is 0 Å². The number of aliphatic hydroxyl groups is 1. The maximum Gasteiger partial charge on any atom is 0.159 e. The first-order valence-corrected chi connectivity index (χ1v) is 12.0. The van der Waals surface area contributed by atoms with Gasteiger partial charge in [0.15, 0.2) is 5.78 Å². The number of aromatic nitrogens is 3. The molecule has 3 fully saturated rings. The summed E-state index contributed by atoms with van der Waals surface area (Å²) in [4.78, 5) is 14.7. The van der Waals surface area contributed by atoms with Gasteiger partial charge in [0.1, 0.15) is 12.1 Å². The van der Waals surface area contributed by atoms with Crippen molar-refractivity contribution in [3.05, 3.63) is 12.4 Å². The lowest BCUT2D eigenvalue weighted by molar-refractivity contribution is -0.129. The van der Waals surface area contributed by atoms with Crippen LogP contribution in [-0.2, 0) is 11.3 Å². The van der Waals surface area contributed by atoms with Gasteiger partial charge in [-0.3, -0.25) is 4.79 Å². The van der Waals surface area contributed by atoms with Crippen LogP contribution in [-0.4, -0.2) is 31.5 Å². The minimum atomic E-state index is -0.914. The number of Topliss-reactive ketones (excluding diaryl/α,β-unsaturated/α-hetero) is 1. The Balaban J connectivity index is 1.46. The number of ketones is 1. The highest BCUT2D eigenvalue weighted by Crippen LogP contribution is 2.61. The van der Waals surface area contributed by atoms with Crippen LogP contribution in [0.1, 0.15) is 77.6 Å². The highest BCUT2D eigenvalue weighted by molar-refractivity contribution is 6.30. The summed E-state index contributed by atoms with van der Waals surface area (Å²) in [7, 11) is 0. The molecule has 3 aliphatic carbocycles. The Labute approximate surface area is 184 Å². The van der Waals surface area contributed by atoms with Gasteiger partial charge in [-0.05, 0) is 92.6 Å². The van der Waals surface area contributed by atoms with Crippen molar-refractivity contribution < 1.29 is 9.90 Å². The molecule has 6 heteroatoms. The molecule has 6 unspecified atom stereocenters. The lowest BCUT2D eigenvalue weighted by atomic mass is 9.55. The third kappa shape index (κ3) is 4.32. The van der Waals surface area contributed by atoms with E-state index in [-0.39, 0.29) is 11.3 Å². The molecule has 0 aromatic carbocycles. The van der Waals surface area contributed by atoms with Crippen molar-refractivity contribution in [2.24, 2.45) is 29.1 Å². The first-order valence-electron chi connectivity index (χ1n) is 11.7. The molecule has 6 atom stereocenters. The largest absolute Gasteiger partial charge is 0.378 e. The fourth-order valence-electron chi connectivity index (χ4n) is 7.06. The second-order valence-electron chi connectivity index (χ2n) is 10.1. The molecule has 0 radical (unpaired) electrons. The van der Waals surface area contributed by atoms with Crippen LogP contribution in [0.25, 0.3) is 0 Å². The topological polar surface area (TPSA) is 68.0 Å². The molecule has 1 aromatic rings. The summed E-state index contributed by atoms with van der Waals surface area (Å²) in [6.45, 7) is 2.68. The lowest BCUT2D eigenvalue weighted by Gasteiger charge is -2.49. The number of rotatable bonds is 3. The van der Waals surface area contributed by atoms with Gasteiger partial charge in [0.05, 0.1) is 12.4 Å². The van der Waals surface area contributed by atoms with E-state index in [1.807, 2.05) is 0 Å². The molecule has 3 saturated carbocycles. The Morgan fingerprint density at radius 2 is 1.87 bits per heavy atom. The number of hydrogen-bond acceptors (Lipinski definition) is 4. The zero-order valence-corrected chi connectivity index (χ0v) is 18.8. The normalized spacial score (nSPS) is 39.3. The minimum absolute atomic E-state index is 0.111. The highest BCUT2D eigenvalue weighted by atomic mass is 35.5. The zero-order chi connectivity index (χ0) is 21.2. The van der Waals surface area contributed by atoms with Crippen LogP contribution in [0.3, 0.4) is 0 Å². The quantitative estimate of drug-likeness (QED) is 0.711. The van der Waals surface area contributed by atoms with Gasteiger partial charge in [-0.2, -0.15) is 15.0 Å². The van der Waals surface area contributed by atoms with Crippen molar-refractivity contribution in [1.29, 1.82) is 0 Å². The van der Waals surface area contributed by atoms with Crippen molar-refractivity contribution in [3.8, 4) is 11.3 Å². The Bertz CT molecular complexity index is 801. The molecule has 5 nitrogen and oxygen atoms in total. The van der Waals surface area contributed by atoms with Gasteiger partial charge in [-0.25, -0.2) is 0 Å². The number of nitrogens with zero attached hydrogens (tertiary/aromatic N) is 3. The van der Waals surface area contributed by atoms with E-state index in [9.17, 15) is 9.90 Å². The predicted octanol–water partition coefficient (Wildman–Crippen LogP) is 4.58. The smallest absolute Gasteiger partial charge is 0.159 e. The zero-order valence-electron chi connectivity index (χ0n) is 18.0. The summed E-state index contributed by atoms with van der Waals surface area (Å²) in [6, 6.07) is 0. The molecule has 0 saturated heterocycles. The van der Waals surface area contributed by atoms with E-state index in [1.165, 1.54) is 24.1 Å². The van der Waals surface area contributed by atoms with Crippen molar-refractivity contribution in [3.63, 3.8) is 0 Å². The third-order valence-electron chi connectivity index (χ3n) is 8.56. The van der Waals surface area contributed by atoms with Gasteiger partial charge in [-0.15, -0.1) is 0 Å². The molecule has 1 aromatic heterocycles. The maximum atomic E-state index is 13.1. The standard InChI is InChI=1S/C24H34ClN3O2/c1-23-12-9-18-5-4-11-24(30,13-14-25)10-3-2-6-19(18)20(23)7-8-21(23)22(29)17-28-26-15-16-27-28/h15-16,18-21,30H,2-12,17H2,1H3. The van der Waals surface area contributed by atoms with Gasteiger partial charge >= 0.3 is 0 Å². The van der Waals surface area contributed by atoms with E-state index < -0.39 is 5.60 Å². The lowest BCUT2D eigenvalue weighted by Crippen LogP contribution is -2.44. The summed E-state index contributed by atoms with van der Waals surface area (Å²) < 4.78 is 0. The van der Waals surface area contributed by atoms with Gasteiger partial charge in [-0.1, -0.05) is 25.7 Å². The molecular formula is C24H34ClN3O2. The number of halogens is 1. The molecule has 1 heterocycles.